The topological polar surface area (TPSA) is 104 Å². The number of rotatable bonds is 5. The molecule has 1 N–H and O–H groups in total. The highest BCUT2D eigenvalue weighted by molar-refractivity contribution is 5.91. The third-order valence-corrected chi connectivity index (χ3v) is 4.56. The van der Waals surface area contributed by atoms with E-state index >= 15 is 0 Å². The van der Waals surface area contributed by atoms with Crippen molar-refractivity contribution in [2.24, 2.45) is 0 Å². The first-order valence-corrected chi connectivity index (χ1v) is 8.89. The van der Waals surface area contributed by atoms with Crippen LogP contribution < -0.4 is 15.8 Å². The molecule has 2 heterocycles. The Bertz CT molecular complexity index is 983. The maximum atomic E-state index is 12.3. The van der Waals surface area contributed by atoms with E-state index in [0.717, 1.165) is 29.4 Å². The maximum absolute atomic E-state index is 12.3. The molecular weight excluding hydrogens is 360 g/mol. The van der Waals surface area contributed by atoms with Gasteiger partial charge in [-0.2, -0.15) is 5.26 Å². The molecule has 2 aromatic rings. The lowest BCUT2D eigenvalue weighted by molar-refractivity contribution is -0.116. The number of benzene rings is 1. The number of hydrogen-bond donors (Lipinski definition) is 1. The number of ether oxygens (including phenoxy) is 1. The summed E-state index contributed by atoms with van der Waals surface area (Å²) in [6.07, 6.45) is 3.58. The van der Waals surface area contributed by atoms with Gasteiger partial charge in [-0.3, -0.25) is 9.59 Å². The van der Waals surface area contributed by atoms with E-state index in [4.69, 9.17) is 5.26 Å². The molecule has 8 heteroatoms. The van der Waals surface area contributed by atoms with Crippen molar-refractivity contribution in [1.29, 1.82) is 5.26 Å². The lowest BCUT2D eigenvalue weighted by Gasteiger charge is -2.17. The SMILES string of the molecule is COC(=O)c1cc(C#N)c(=O)n(CC(=O)Nc2ccc(N3CCCC3)cc2)c1. The van der Waals surface area contributed by atoms with Crippen LogP contribution in [0.1, 0.15) is 28.8 Å². The minimum absolute atomic E-state index is 0.0291. The Morgan fingerprint density at radius 3 is 2.50 bits per heavy atom. The second-order valence-corrected chi connectivity index (χ2v) is 6.47. The van der Waals surface area contributed by atoms with E-state index in [2.05, 4.69) is 15.0 Å². The zero-order chi connectivity index (χ0) is 20.1. The third-order valence-electron chi connectivity index (χ3n) is 4.56. The van der Waals surface area contributed by atoms with E-state index in [1.165, 1.54) is 26.1 Å². The van der Waals surface area contributed by atoms with Gasteiger partial charge >= 0.3 is 5.97 Å². The van der Waals surface area contributed by atoms with E-state index in [1.807, 2.05) is 12.1 Å². The molecule has 0 radical (unpaired) electrons. The fourth-order valence-corrected chi connectivity index (χ4v) is 3.15. The first-order valence-electron chi connectivity index (χ1n) is 8.89. The number of carbonyl (C=O) groups is 2. The number of hydrogen-bond acceptors (Lipinski definition) is 6. The Kier molecular flexibility index (Phi) is 5.75. The lowest BCUT2D eigenvalue weighted by atomic mass is 10.2. The van der Waals surface area contributed by atoms with Gasteiger partial charge in [0, 0.05) is 30.7 Å². The molecule has 1 aromatic heterocycles. The van der Waals surface area contributed by atoms with Crippen LogP contribution >= 0.6 is 0 Å². The average molecular weight is 380 g/mol. The van der Waals surface area contributed by atoms with E-state index in [0.29, 0.717) is 5.69 Å². The molecule has 0 aliphatic carbocycles. The van der Waals surface area contributed by atoms with Crippen LogP contribution in [0.15, 0.2) is 41.3 Å². The maximum Gasteiger partial charge on any atom is 0.339 e. The highest BCUT2D eigenvalue weighted by Gasteiger charge is 2.15. The van der Waals surface area contributed by atoms with Crippen molar-refractivity contribution in [3.63, 3.8) is 0 Å². The smallest absolute Gasteiger partial charge is 0.339 e. The number of nitrogens with zero attached hydrogens (tertiary/aromatic N) is 3. The summed E-state index contributed by atoms with van der Waals surface area (Å²) in [5.41, 5.74) is 0.864. The molecule has 3 rings (SSSR count). The number of esters is 1. The summed E-state index contributed by atoms with van der Waals surface area (Å²) in [6, 6.07) is 10.4. The Balaban J connectivity index is 1.73. The molecule has 0 spiro atoms. The van der Waals surface area contributed by atoms with Gasteiger partial charge in [0.05, 0.1) is 12.7 Å². The van der Waals surface area contributed by atoms with Gasteiger partial charge in [-0.15, -0.1) is 0 Å². The summed E-state index contributed by atoms with van der Waals surface area (Å²) in [5.74, 6) is -1.13. The molecule has 0 bridgehead atoms. The summed E-state index contributed by atoms with van der Waals surface area (Å²) in [5, 5.41) is 11.8. The largest absolute Gasteiger partial charge is 0.465 e. The molecule has 1 amide bonds. The molecule has 1 saturated heterocycles. The predicted molar refractivity (Wildman–Crippen MR) is 103 cm³/mol. The Hall–Kier alpha value is -3.60. The van der Waals surface area contributed by atoms with Crippen LogP contribution in [0.3, 0.4) is 0 Å². The first kappa shape index (κ1) is 19.2. The van der Waals surface area contributed by atoms with Gasteiger partial charge < -0.3 is 19.5 Å². The van der Waals surface area contributed by atoms with Crippen LogP contribution in [0, 0.1) is 11.3 Å². The number of methoxy groups -OCH3 is 1. The second kappa shape index (κ2) is 8.39. The van der Waals surface area contributed by atoms with Crippen molar-refractivity contribution in [3.05, 3.63) is 58.0 Å². The summed E-state index contributed by atoms with van der Waals surface area (Å²) >= 11 is 0. The van der Waals surface area contributed by atoms with Gasteiger partial charge in [0.15, 0.2) is 0 Å². The summed E-state index contributed by atoms with van der Waals surface area (Å²) < 4.78 is 5.64. The van der Waals surface area contributed by atoms with Crippen molar-refractivity contribution in [2.45, 2.75) is 19.4 Å². The number of pyridine rings is 1. The molecule has 1 fully saturated rings. The monoisotopic (exact) mass is 380 g/mol. The van der Waals surface area contributed by atoms with Crippen molar-refractivity contribution in [1.82, 2.24) is 4.57 Å². The quantitative estimate of drug-likeness (QED) is 0.793. The predicted octanol–water partition coefficient (Wildman–Crippen LogP) is 1.75. The zero-order valence-corrected chi connectivity index (χ0v) is 15.5. The van der Waals surface area contributed by atoms with Crippen molar-refractivity contribution < 1.29 is 14.3 Å². The van der Waals surface area contributed by atoms with E-state index in [-0.39, 0.29) is 17.7 Å². The van der Waals surface area contributed by atoms with Crippen molar-refractivity contribution in [2.75, 3.05) is 30.4 Å². The number of nitrogens with one attached hydrogen (secondary N) is 1. The number of carbonyl (C=O) groups excluding carboxylic acids is 2. The minimum Gasteiger partial charge on any atom is -0.465 e. The molecule has 1 aromatic carbocycles. The number of anilines is 2. The molecule has 1 aliphatic rings. The summed E-state index contributed by atoms with van der Waals surface area (Å²) in [7, 11) is 1.20. The van der Waals surface area contributed by atoms with Gasteiger partial charge in [-0.05, 0) is 43.2 Å². The minimum atomic E-state index is -0.692. The summed E-state index contributed by atoms with van der Waals surface area (Å²) in [6.45, 7) is 1.74. The number of amides is 1. The van der Waals surface area contributed by atoms with E-state index < -0.39 is 17.4 Å². The second-order valence-electron chi connectivity index (χ2n) is 6.47. The molecular formula is C20H20N4O4. The van der Waals surface area contributed by atoms with Gasteiger partial charge in [0.25, 0.3) is 5.56 Å². The van der Waals surface area contributed by atoms with Crippen molar-refractivity contribution in [3.8, 4) is 6.07 Å². The fourth-order valence-electron chi connectivity index (χ4n) is 3.15. The molecule has 1 aliphatic heterocycles. The molecule has 8 nitrogen and oxygen atoms in total. The third kappa shape index (κ3) is 4.20. The van der Waals surface area contributed by atoms with Gasteiger partial charge in [-0.25, -0.2) is 4.79 Å². The van der Waals surface area contributed by atoms with Crippen LogP contribution in [0.2, 0.25) is 0 Å². The highest BCUT2D eigenvalue weighted by Crippen LogP contribution is 2.22. The van der Waals surface area contributed by atoms with Gasteiger partial charge in [0.1, 0.15) is 18.2 Å². The Morgan fingerprint density at radius 2 is 1.89 bits per heavy atom. The van der Waals surface area contributed by atoms with E-state index in [1.54, 1.807) is 18.2 Å². The fraction of sp³-hybridized carbons (Fsp3) is 0.300. The first-order chi connectivity index (χ1) is 13.5. The van der Waals surface area contributed by atoms with E-state index in [9.17, 15) is 14.4 Å². The number of nitriles is 1. The molecule has 0 atom stereocenters. The summed E-state index contributed by atoms with van der Waals surface area (Å²) in [4.78, 5) is 38.6. The van der Waals surface area contributed by atoms with Crippen LogP contribution in [0.5, 0.6) is 0 Å². The van der Waals surface area contributed by atoms with Crippen LogP contribution in [-0.4, -0.2) is 36.6 Å². The average Bonchev–Trinajstić information content (AvgIpc) is 3.24. The Morgan fingerprint density at radius 1 is 1.21 bits per heavy atom. The lowest BCUT2D eigenvalue weighted by Crippen LogP contribution is -2.29. The van der Waals surface area contributed by atoms with Crippen LogP contribution in [-0.2, 0) is 16.1 Å². The van der Waals surface area contributed by atoms with Crippen molar-refractivity contribution >= 4 is 23.3 Å². The zero-order valence-electron chi connectivity index (χ0n) is 15.5. The standard InChI is InChI=1S/C20H20N4O4/c1-28-20(27)15-10-14(11-21)19(26)24(12-15)13-18(25)22-16-4-6-17(7-5-16)23-8-2-3-9-23/h4-7,10,12H,2-3,8-9,13H2,1H3,(H,22,25). The van der Waals surface area contributed by atoms with Gasteiger partial charge in [0.2, 0.25) is 5.91 Å². The molecule has 144 valence electrons. The molecule has 0 saturated carbocycles. The Labute approximate surface area is 161 Å². The van der Waals surface area contributed by atoms with Crippen LogP contribution in [0.4, 0.5) is 11.4 Å². The normalized spacial score (nSPS) is 13.1. The molecule has 28 heavy (non-hydrogen) atoms. The van der Waals surface area contributed by atoms with Crippen LogP contribution in [0.25, 0.3) is 0 Å². The highest BCUT2D eigenvalue weighted by atomic mass is 16.5. The van der Waals surface area contributed by atoms with Gasteiger partial charge in [-0.1, -0.05) is 0 Å². The molecule has 0 unspecified atom stereocenters. The number of aromatic nitrogens is 1.